The summed E-state index contributed by atoms with van der Waals surface area (Å²) in [6.45, 7) is 3.25. The maximum absolute atomic E-state index is 11.8. The molecule has 5 nitrogen and oxygen atoms in total. The highest BCUT2D eigenvalue weighted by Gasteiger charge is 2.37. The zero-order chi connectivity index (χ0) is 14.8. The predicted molar refractivity (Wildman–Crippen MR) is 81.1 cm³/mol. The highest BCUT2D eigenvalue weighted by Crippen LogP contribution is 2.29. The van der Waals surface area contributed by atoms with Crippen molar-refractivity contribution in [1.82, 2.24) is 9.80 Å². The molecule has 2 saturated heterocycles. The number of hydrogen-bond acceptors (Lipinski definition) is 4. The van der Waals surface area contributed by atoms with Gasteiger partial charge in [0.05, 0.1) is 7.11 Å². The number of rotatable bonds is 4. The maximum atomic E-state index is 11.8. The summed E-state index contributed by atoms with van der Waals surface area (Å²) in [7, 11) is 1.67. The largest absolute Gasteiger partial charge is 0.497 e. The molecule has 2 aliphatic heterocycles. The zero-order valence-electron chi connectivity index (χ0n) is 12.5. The maximum Gasteiger partial charge on any atom is 0.222 e. The lowest BCUT2D eigenvalue weighted by molar-refractivity contribution is -0.131. The number of carbonyl (C=O) groups excluding carboxylic acids is 1. The molecular weight excluding hydrogens is 266 g/mol. The summed E-state index contributed by atoms with van der Waals surface area (Å²) in [6, 6.07) is 8.72. The van der Waals surface area contributed by atoms with Gasteiger partial charge in [0.1, 0.15) is 5.75 Å². The van der Waals surface area contributed by atoms with Gasteiger partial charge in [-0.05, 0) is 24.1 Å². The van der Waals surface area contributed by atoms with Gasteiger partial charge in [0.15, 0.2) is 0 Å². The third-order valence-corrected chi connectivity index (χ3v) is 4.69. The molecule has 2 atom stereocenters. The van der Waals surface area contributed by atoms with E-state index in [1.807, 2.05) is 17.0 Å². The van der Waals surface area contributed by atoms with Crippen LogP contribution >= 0.6 is 0 Å². The van der Waals surface area contributed by atoms with E-state index in [0.717, 1.165) is 31.8 Å². The van der Waals surface area contributed by atoms with E-state index in [0.29, 0.717) is 24.9 Å². The number of hydrogen-bond donors (Lipinski definition) is 1. The number of benzene rings is 1. The van der Waals surface area contributed by atoms with Crippen LogP contribution in [0, 0.1) is 0 Å². The standard InChI is InChI=1S/C16H23N3O2/c1-21-14-5-2-12(3-6-14)15(10-17)18-8-9-19-13(11-18)4-7-16(19)20/h2-3,5-6,13,15H,4,7-11,17H2,1H3. The number of carbonyl (C=O) groups is 1. The SMILES string of the molecule is COc1ccc(C(CN)N2CCN3C(=O)CCC3C2)cc1. The Balaban J connectivity index is 1.72. The molecule has 1 amide bonds. The van der Waals surface area contributed by atoms with Crippen LogP contribution in [0.15, 0.2) is 24.3 Å². The molecule has 1 aromatic rings. The van der Waals surface area contributed by atoms with Crippen LogP contribution in [0.25, 0.3) is 0 Å². The third-order valence-electron chi connectivity index (χ3n) is 4.69. The smallest absolute Gasteiger partial charge is 0.222 e. The second kappa shape index (κ2) is 6.03. The lowest BCUT2D eigenvalue weighted by Crippen LogP contribution is -2.53. The number of methoxy groups -OCH3 is 1. The molecule has 2 N–H and O–H groups in total. The Bertz CT molecular complexity index is 503. The fourth-order valence-corrected chi connectivity index (χ4v) is 3.49. The molecule has 0 aromatic heterocycles. The first-order chi connectivity index (χ1) is 10.2. The summed E-state index contributed by atoms with van der Waals surface area (Å²) >= 11 is 0. The van der Waals surface area contributed by atoms with Crippen LogP contribution < -0.4 is 10.5 Å². The molecule has 0 aliphatic carbocycles. The van der Waals surface area contributed by atoms with Crippen LogP contribution in [-0.2, 0) is 4.79 Å². The van der Waals surface area contributed by atoms with Crippen LogP contribution in [0.3, 0.4) is 0 Å². The molecule has 5 heteroatoms. The van der Waals surface area contributed by atoms with E-state index in [2.05, 4.69) is 17.0 Å². The van der Waals surface area contributed by atoms with Gasteiger partial charge in [-0.3, -0.25) is 9.69 Å². The van der Waals surface area contributed by atoms with E-state index in [9.17, 15) is 4.79 Å². The van der Waals surface area contributed by atoms with Gasteiger partial charge >= 0.3 is 0 Å². The second-order valence-corrected chi connectivity index (χ2v) is 5.80. The number of fused-ring (bicyclic) bond motifs is 1. The number of nitrogens with zero attached hydrogens (tertiary/aromatic N) is 2. The first-order valence-corrected chi connectivity index (χ1v) is 7.60. The minimum absolute atomic E-state index is 0.216. The molecule has 2 unspecified atom stereocenters. The van der Waals surface area contributed by atoms with Crippen LogP contribution in [0.1, 0.15) is 24.4 Å². The van der Waals surface area contributed by atoms with E-state index in [4.69, 9.17) is 10.5 Å². The lowest BCUT2D eigenvalue weighted by Gasteiger charge is -2.41. The summed E-state index contributed by atoms with van der Waals surface area (Å²) in [4.78, 5) is 16.2. The molecule has 0 bridgehead atoms. The van der Waals surface area contributed by atoms with Crippen molar-refractivity contribution >= 4 is 5.91 Å². The van der Waals surface area contributed by atoms with Gasteiger partial charge < -0.3 is 15.4 Å². The van der Waals surface area contributed by atoms with E-state index >= 15 is 0 Å². The Hall–Kier alpha value is -1.59. The molecule has 1 aromatic carbocycles. The van der Waals surface area contributed by atoms with Gasteiger partial charge in [0.25, 0.3) is 0 Å². The van der Waals surface area contributed by atoms with Crippen molar-refractivity contribution in [2.75, 3.05) is 33.3 Å². The fourth-order valence-electron chi connectivity index (χ4n) is 3.49. The Kier molecular flexibility index (Phi) is 4.12. The molecule has 2 fully saturated rings. The van der Waals surface area contributed by atoms with Gasteiger partial charge in [-0.25, -0.2) is 0 Å². The van der Waals surface area contributed by atoms with E-state index in [-0.39, 0.29) is 6.04 Å². The van der Waals surface area contributed by atoms with Gasteiger partial charge in [-0.1, -0.05) is 12.1 Å². The molecule has 114 valence electrons. The van der Waals surface area contributed by atoms with Gasteiger partial charge in [0.2, 0.25) is 5.91 Å². The van der Waals surface area contributed by atoms with E-state index < -0.39 is 0 Å². The lowest BCUT2D eigenvalue weighted by atomic mass is 10.0. The average molecular weight is 289 g/mol. The Labute approximate surface area is 125 Å². The summed E-state index contributed by atoms with van der Waals surface area (Å²) < 4.78 is 5.21. The predicted octanol–water partition coefficient (Wildman–Crippen LogP) is 1.00. The summed E-state index contributed by atoms with van der Waals surface area (Å²) in [5, 5.41) is 0. The first kappa shape index (κ1) is 14.4. The molecule has 2 heterocycles. The van der Waals surface area contributed by atoms with Crippen LogP contribution in [0.4, 0.5) is 0 Å². The molecule has 0 saturated carbocycles. The molecule has 2 aliphatic rings. The van der Waals surface area contributed by atoms with Crippen molar-refractivity contribution in [3.8, 4) is 5.75 Å². The Morgan fingerprint density at radius 1 is 1.33 bits per heavy atom. The van der Waals surface area contributed by atoms with Gasteiger partial charge in [-0.2, -0.15) is 0 Å². The van der Waals surface area contributed by atoms with Crippen molar-refractivity contribution in [1.29, 1.82) is 0 Å². The number of ether oxygens (including phenoxy) is 1. The first-order valence-electron chi connectivity index (χ1n) is 7.60. The molecule has 0 spiro atoms. The Morgan fingerprint density at radius 3 is 2.76 bits per heavy atom. The number of nitrogens with two attached hydrogens (primary N) is 1. The zero-order valence-corrected chi connectivity index (χ0v) is 12.5. The normalized spacial score (nSPS) is 24.0. The van der Waals surface area contributed by atoms with Crippen LogP contribution in [0.2, 0.25) is 0 Å². The van der Waals surface area contributed by atoms with Gasteiger partial charge in [0, 0.05) is 44.7 Å². The van der Waals surface area contributed by atoms with Crippen molar-refractivity contribution < 1.29 is 9.53 Å². The van der Waals surface area contributed by atoms with E-state index in [1.165, 1.54) is 5.56 Å². The highest BCUT2D eigenvalue weighted by atomic mass is 16.5. The monoisotopic (exact) mass is 289 g/mol. The van der Waals surface area contributed by atoms with E-state index in [1.54, 1.807) is 7.11 Å². The Morgan fingerprint density at radius 2 is 2.10 bits per heavy atom. The van der Waals surface area contributed by atoms with Crippen LogP contribution in [-0.4, -0.2) is 55.0 Å². The topological polar surface area (TPSA) is 58.8 Å². The fraction of sp³-hybridized carbons (Fsp3) is 0.562. The minimum atomic E-state index is 0.216. The summed E-state index contributed by atoms with van der Waals surface area (Å²) in [5.41, 5.74) is 7.24. The van der Waals surface area contributed by atoms with Gasteiger partial charge in [-0.15, -0.1) is 0 Å². The molecule has 3 rings (SSSR count). The molecule has 21 heavy (non-hydrogen) atoms. The minimum Gasteiger partial charge on any atom is -0.497 e. The second-order valence-electron chi connectivity index (χ2n) is 5.80. The van der Waals surface area contributed by atoms with Crippen molar-refractivity contribution in [3.05, 3.63) is 29.8 Å². The number of amides is 1. The van der Waals surface area contributed by atoms with Crippen molar-refractivity contribution in [2.45, 2.75) is 24.9 Å². The molecule has 0 radical (unpaired) electrons. The van der Waals surface area contributed by atoms with Crippen molar-refractivity contribution in [3.63, 3.8) is 0 Å². The number of piperazine rings is 1. The third kappa shape index (κ3) is 2.76. The average Bonchev–Trinajstić information content (AvgIpc) is 2.90. The highest BCUT2D eigenvalue weighted by molar-refractivity contribution is 5.78. The summed E-state index contributed by atoms with van der Waals surface area (Å²) in [6.07, 6.45) is 1.68. The summed E-state index contributed by atoms with van der Waals surface area (Å²) in [5.74, 6) is 1.18. The van der Waals surface area contributed by atoms with Crippen LogP contribution in [0.5, 0.6) is 5.75 Å². The van der Waals surface area contributed by atoms with Crippen molar-refractivity contribution in [2.24, 2.45) is 5.73 Å². The quantitative estimate of drug-likeness (QED) is 0.898. The molecular formula is C16H23N3O2.